The van der Waals surface area contributed by atoms with Gasteiger partial charge in [-0.2, -0.15) is 0 Å². The van der Waals surface area contributed by atoms with Crippen molar-refractivity contribution in [2.75, 3.05) is 38.2 Å². The van der Waals surface area contributed by atoms with Crippen LogP contribution in [0.15, 0.2) is 48.5 Å². The maximum absolute atomic E-state index is 6.67. The van der Waals surface area contributed by atoms with Crippen molar-refractivity contribution >= 4 is 17.3 Å². The van der Waals surface area contributed by atoms with Gasteiger partial charge in [-0.15, -0.1) is 5.10 Å². The zero-order valence-electron chi connectivity index (χ0n) is 18.5. The molecule has 2 aromatic carbocycles. The standard InChI is InChI=1S/C23H29ClN6O/c1-23(2,3)30-22(25-26-27-30)21(17-9-5-6-10-18(17)24)29-15-13-28(14-16-29)19-11-7-8-12-20(19)31-4/h5-12,21H,13-16H2,1-4H3/p+1/t21-/m0/s1. The third-order valence-corrected chi connectivity index (χ3v) is 6.19. The predicted octanol–water partition coefficient (Wildman–Crippen LogP) is 2.58. The summed E-state index contributed by atoms with van der Waals surface area (Å²) in [4.78, 5) is 3.79. The number of piperazine rings is 1. The minimum atomic E-state index is -0.225. The minimum absolute atomic E-state index is 0.0391. The molecule has 31 heavy (non-hydrogen) atoms. The van der Waals surface area contributed by atoms with E-state index in [4.69, 9.17) is 16.3 Å². The highest BCUT2D eigenvalue weighted by atomic mass is 35.5. The lowest BCUT2D eigenvalue weighted by Crippen LogP contribution is -3.15. The number of benzene rings is 2. The Bertz CT molecular complexity index is 1020. The highest BCUT2D eigenvalue weighted by Gasteiger charge is 2.37. The van der Waals surface area contributed by atoms with E-state index in [1.807, 2.05) is 35.0 Å². The van der Waals surface area contributed by atoms with Crippen LogP contribution >= 0.6 is 11.6 Å². The summed E-state index contributed by atoms with van der Waals surface area (Å²) in [5, 5.41) is 13.6. The first kappa shape index (κ1) is 21.6. The molecule has 1 saturated heterocycles. The molecule has 3 aromatic rings. The van der Waals surface area contributed by atoms with Crippen LogP contribution < -0.4 is 14.5 Å². The van der Waals surface area contributed by atoms with Crippen LogP contribution in [0, 0.1) is 0 Å². The number of methoxy groups -OCH3 is 1. The van der Waals surface area contributed by atoms with Crippen LogP contribution in [-0.2, 0) is 5.54 Å². The molecule has 0 spiro atoms. The van der Waals surface area contributed by atoms with E-state index >= 15 is 0 Å². The Morgan fingerprint density at radius 1 is 1.03 bits per heavy atom. The maximum Gasteiger partial charge on any atom is 0.214 e. The number of para-hydroxylation sites is 2. The van der Waals surface area contributed by atoms with Crippen molar-refractivity contribution < 1.29 is 9.64 Å². The molecule has 1 atom stereocenters. The number of tetrazole rings is 1. The summed E-state index contributed by atoms with van der Waals surface area (Å²) >= 11 is 6.67. The number of aromatic nitrogens is 4. The average molecular weight is 442 g/mol. The van der Waals surface area contributed by atoms with Gasteiger partial charge < -0.3 is 14.5 Å². The SMILES string of the molecule is COc1ccccc1N1CC[NH+]([C@@H](c2ccccc2Cl)c2nnnn2C(C)(C)C)CC1. The zero-order chi connectivity index (χ0) is 22.0. The molecule has 0 amide bonds. The fraction of sp³-hybridized carbons (Fsp3) is 0.435. The molecule has 2 heterocycles. The lowest BCUT2D eigenvalue weighted by atomic mass is 10.0. The van der Waals surface area contributed by atoms with Gasteiger partial charge in [0.05, 0.1) is 49.5 Å². The molecule has 164 valence electrons. The van der Waals surface area contributed by atoms with E-state index in [0.717, 1.165) is 54.0 Å². The third-order valence-electron chi connectivity index (χ3n) is 5.84. The van der Waals surface area contributed by atoms with Crippen LogP contribution in [0.3, 0.4) is 0 Å². The van der Waals surface area contributed by atoms with Gasteiger partial charge in [0.15, 0.2) is 6.04 Å². The van der Waals surface area contributed by atoms with Gasteiger partial charge in [-0.05, 0) is 49.4 Å². The van der Waals surface area contributed by atoms with E-state index in [2.05, 4.69) is 59.4 Å². The Kier molecular flexibility index (Phi) is 6.16. The summed E-state index contributed by atoms with van der Waals surface area (Å²) in [5.74, 6) is 1.76. The Hall–Kier alpha value is -2.64. The van der Waals surface area contributed by atoms with Crippen molar-refractivity contribution in [3.63, 3.8) is 0 Å². The third kappa shape index (κ3) is 4.38. The summed E-state index contributed by atoms with van der Waals surface area (Å²) in [5.41, 5.74) is 1.97. The van der Waals surface area contributed by atoms with Gasteiger partial charge in [0.2, 0.25) is 5.82 Å². The van der Waals surface area contributed by atoms with Gasteiger partial charge in [-0.3, -0.25) is 0 Å². The molecular weight excluding hydrogens is 412 g/mol. The highest BCUT2D eigenvalue weighted by molar-refractivity contribution is 6.31. The lowest BCUT2D eigenvalue weighted by molar-refractivity contribution is -0.927. The maximum atomic E-state index is 6.67. The summed E-state index contributed by atoms with van der Waals surface area (Å²) in [6.07, 6.45) is 0. The molecule has 0 saturated carbocycles. The van der Waals surface area contributed by atoms with Gasteiger partial charge in [0.25, 0.3) is 0 Å². The number of hydrogen-bond donors (Lipinski definition) is 1. The zero-order valence-corrected chi connectivity index (χ0v) is 19.3. The number of quaternary nitrogens is 1. The number of ether oxygens (including phenoxy) is 1. The van der Waals surface area contributed by atoms with Gasteiger partial charge in [0, 0.05) is 5.56 Å². The van der Waals surface area contributed by atoms with Crippen molar-refractivity contribution in [1.82, 2.24) is 20.2 Å². The van der Waals surface area contributed by atoms with E-state index in [1.165, 1.54) is 4.90 Å². The molecule has 1 aliphatic heterocycles. The van der Waals surface area contributed by atoms with Crippen LogP contribution in [0.25, 0.3) is 0 Å². The first-order chi connectivity index (χ1) is 14.9. The van der Waals surface area contributed by atoms with Crippen LogP contribution in [0.4, 0.5) is 5.69 Å². The second-order valence-electron chi connectivity index (χ2n) is 8.89. The first-order valence-electron chi connectivity index (χ1n) is 10.7. The molecule has 0 aliphatic carbocycles. The van der Waals surface area contributed by atoms with Crippen molar-refractivity contribution in [2.45, 2.75) is 32.4 Å². The average Bonchev–Trinajstić information content (AvgIpc) is 3.26. The number of nitrogens with one attached hydrogen (secondary N) is 1. The molecule has 4 rings (SSSR count). The number of anilines is 1. The van der Waals surface area contributed by atoms with Crippen LogP contribution in [-0.4, -0.2) is 53.5 Å². The number of halogens is 1. The molecule has 1 aromatic heterocycles. The van der Waals surface area contributed by atoms with Crippen molar-refractivity contribution in [2.24, 2.45) is 0 Å². The predicted molar refractivity (Wildman–Crippen MR) is 122 cm³/mol. The Morgan fingerprint density at radius 2 is 1.71 bits per heavy atom. The largest absolute Gasteiger partial charge is 0.495 e. The highest BCUT2D eigenvalue weighted by Crippen LogP contribution is 2.29. The topological polar surface area (TPSA) is 60.5 Å². The van der Waals surface area contributed by atoms with E-state index in [0.29, 0.717) is 0 Å². The molecular formula is C23H30ClN6O+. The molecule has 0 bridgehead atoms. The monoisotopic (exact) mass is 441 g/mol. The van der Waals surface area contributed by atoms with Crippen molar-refractivity contribution in [1.29, 1.82) is 0 Å². The number of nitrogens with zero attached hydrogens (tertiary/aromatic N) is 5. The second kappa shape index (κ2) is 8.85. The van der Waals surface area contributed by atoms with Gasteiger partial charge in [-0.25, -0.2) is 4.68 Å². The van der Waals surface area contributed by atoms with Gasteiger partial charge in [0.1, 0.15) is 5.75 Å². The molecule has 0 unspecified atom stereocenters. The first-order valence-corrected chi connectivity index (χ1v) is 11.0. The Balaban J connectivity index is 1.65. The molecule has 1 aliphatic rings. The van der Waals surface area contributed by atoms with Crippen molar-refractivity contribution in [3.05, 3.63) is 64.9 Å². The normalized spacial score (nSPS) is 16.4. The fourth-order valence-corrected chi connectivity index (χ4v) is 4.56. The Labute approximate surface area is 188 Å². The molecule has 7 nitrogen and oxygen atoms in total. The van der Waals surface area contributed by atoms with Crippen LogP contribution in [0.5, 0.6) is 5.75 Å². The van der Waals surface area contributed by atoms with E-state index in [-0.39, 0.29) is 11.6 Å². The van der Waals surface area contributed by atoms with Crippen LogP contribution in [0.1, 0.15) is 38.2 Å². The van der Waals surface area contributed by atoms with Gasteiger partial charge in [-0.1, -0.05) is 41.9 Å². The molecule has 1 N–H and O–H groups in total. The van der Waals surface area contributed by atoms with E-state index in [1.54, 1.807) is 7.11 Å². The summed E-state index contributed by atoms with van der Waals surface area (Å²) in [6, 6.07) is 16.2. The number of hydrogen-bond acceptors (Lipinski definition) is 5. The smallest absolute Gasteiger partial charge is 0.214 e. The quantitative estimate of drug-likeness (QED) is 0.659. The van der Waals surface area contributed by atoms with Crippen LogP contribution in [0.2, 0.25) is 5.02 Å². The Morgan fingerprint density at radius 3 is 2.39 bits per heavy atom. The van der Waals surface area contributed by atoms with Crippen molar-refractivity contribution in [3.8, 4) is 5.75 Å². The van der Waals surface area contributed by atoms with E-state index in [9.17, 15) is 0 Å². The molecule has 8 heteroatoms. The second-order valence-corrected chi connectivity index (χ2v) is 9.30. The molecule has 1 fully saturated rings. The van der Waals surface area contributed by atoms with E-state index < -0.39 is 0 Å². The summed E-state index contributed by atoms with van der Waals surface area (Å²) in [6.45, 7) is 10.0. The summed E-state index contributed by atoms with van der Waals surface area (Å²) < 4.78 is 7.51. The molecule has 0 radical (unpaired) electrons. The lowest BCUT2D eigenvalue weighted by Gasteiger charge is -2.38. The minimum Gasteiger partial charge on any atom is -0.495 e. The number of rotatable bonds is 5. The summed E-state index contributed by atoms with van der Waals surface area (Å²) in [7, 11) is 1.72. The fourth-order valence-electron chi connectivity index (χ4n) is 4.32. The van der Waals surface area contributed by atoms with Gasteiger partial charge >= 0.3 is 0 Å².